The van der Waals surface area contributed by atoms with Gasteiger partial charge >= 0.3 is 0 Å². The van der Waals surface area contributed by atoms with Gasteiger partial charge in [-0.15, -0.1) is 0 Å². The van der Waals surface area contributed by atoms with E-state index in [4.69, 9.17) is 4.74 Å². The Hall–Kier alpha value is -2.92. The second-order valence-electron chi connectivity index (χ2n) is 6.24. The van der Waals surface area contributed by atoms with Gasteiger partial charge < -0.3 is 4.74 Å². The number of benzene rings is 3. The lowest BCUT2D eigenvalue weighted by Crippen LogP contribution is -2.34. The number of carbonyl (C=O) groups excluding carboxylic acids is 2. The molecule has 0 saturated heterocycles. The van der Waals surface area contributed by atoms with E-state index >= 15 is 0 Å². The lowest BCUT2D eigenvalue weighted by molar-refractivity contribution is 0.0914. The zero-order valence-corrected chi connectivity index (χ0v) is 16.1. The number of rotatable bonds is 3. The Morgan fingerprint density at radius 3 is 2.30 bits per heavy atom. The molecule has 134 valence electrons. The van der Waals surface area contributed by atoms with E-state index in [2.05, 4.69) is 15.9 Å². The van der Waals surface area contributed by atoms with Crippen LogP contribution in [0.1, 0.15) is 32.3 Å². The van der Waals surface area contributed by atoms with E-state index < -0.39 is 6.04 Å². The molecular formula is C22H16BrNO3. The molecule has 27 heavy (non-hydrogen) atoms. The minimum atomic E-state index is -0.690. The van der Waals surface area contributed by atoms with Crippen LogP contribution in [0.15, 0.2) is 77.3 Å². The molecule has 0 bridgehead atoms. The lowest BCUT2D eigenvalue weighted by Gasteiger charge is -2.25. The SMILES string of the molecule is COc1ccc([C@H]2C(=O)c3ccccc3N2C(=O)c2ccc(Br)cc2)cc1. The number of ketones is 1. The molecule has 5 heteroatoms. The molecule has 1 heterocycles. The van der Waals surface area contributed by atoms with Crippen molar-refractivity contribution in [2.45, 2.75) is 6.04 Å². The summed E-state index contributed by atoms with van der Waals surface area (Å²) in [5.41, 5.74) is 2.48. The number of hydrogen-bond donors (Lipinski definition) is 0. The number of anilines is 1. The fourth-order valence-corrected chi connectivity index (χ4v) is 3.60. The monoisotopic (exact) mass is 421 g/mol. The molecule has 0 unspecified atom stereocenters. The summed E-state index contributed by atoms with van der Waals surface area (Å²) < 4.78 is 6.10. The summed E-state index contributed by atoms with van der Waals surface area (Å²) in [4.78, 5) is 28.0. The Kier molecular flexibility index (Phi) is 4.54. The minimum absolute atomic E-state index is 0.0822. The van der Waals surface area contributed by atoms with Crippen molar-refractivity contribution in [1.29, 1.82) is 0 Å². The van der Waals surface area contributed by atoms with Gasteiger partial charge in [0.05, 0.1) is 12.8 Å². The number of nitrogens with zero attached hydrogens (tertiary/aromatic N) is 1. The Balaban J connectivity index is 1.82. The molecule has 0 N–H and O–H groups in total. The third-order valence-corrected chi connectivity index (χ3v) is 5.21. The van der Waals surface area contributed by atoms with E-state index in [1.54, 1.807) is 42.3 Å². The molecule has 3 aromatic carbocycles. The van der Waals surface area contributed by atoms with Gasteiger partial charge in [0.25, 0.3) is 5.91 Å². The predicted molar refractivity (Wildman–Crippen MR) is 107 cm³/mol. The van der Waals surface area contributed by atoms with Crippen molar-refractivity contribution in [2.75, 3.05) is 12.0 Å². The Labute approximate surface area is 165 Å². The topological polar surface area (TPSA) is 46.6 Å². The molecule has 0 aliphatic carbocycles. The zero-order chi connectivity index (χ0) is 19.0. The molecule has 1 aliphatic rings. The number of Topliss-reactive ketones (excluding diaryl/α,β-unsaturated/α-hetero) is 1. The van der Waals surface area contributed by atoms with Crippen LogP contribution < -0.4 is 9.64 Å². The highest BCUT2D eigenvalue weighted by molar-refractivity contribution is 9.10. The molecule has 1 amide bonds. The van der Waals surface area contributed by atoms with Crippen LogP contribution in [0.3, 0.4) is 0 Å². The van der Waals surface area contributed by atoms with Crippen molar-refractivity contribution in [3.8, 4) is 5.75 Å². The molecule has 1 atom stereocenters. The molecule has 1 aliphatic heterocycles. The molecule has 0 aromatic heterocycles. The summed E-state index contributed by atoms with van der Waals surface area (Å²) in [6, 6.07) is 20.9. The fourth-order valence-electron chi connectivity index (χ4n) is 3.34. The second kappa shape index (κ2) is 7.00. The first-order valence-corrected chi connectivity index (χ1v) is 9.26. The Bertz CT molecular complexity index is 1010. The van der Waals surface area contributed by atoms with Gasteiger partial charge in [0.1, 0.15) is 11.8 Å². The number of halogens is 1. The fraction of sp³-hybridized carbons (Fsp3) is 0.0909. The van der Waals surface area contributed by atoms with Crippen molar-refractivity contribution in [3.05, 3.63) is 94.0 Å². The molecule has 0 spiro atoms. The first-order valence-electron chi connectivity index (χ1n) is 8.46. The zero-order valence-electron chi connectivity index (χ0n) is 14.6. The van der Waals surface area contributed by atoms with Crippen LogP contribution in [0.5, 0.6) is 5.75 Å². The van der Waals surface area contributed by atoms with E-state index in [1.165, 1.54) is 0 Å². The van der Waals surface area contributed by atoms with Gasteiger partial charge in [-0.2, -0.15) is 0 Å². The maximum atomic E-state index is 13.3. The van der Waals surface area contributed by atoms with Crippen LogP contribution in [0.2, 0.25) is 0 Å². The average Bonchev–Trinajstić information content (AvgIpc) is 3.01. The molecule has 3 aromatic rings. The van der Waals surface area contributed by atoms with Crippen LogP contribution in [-0.4, -0.2) is 18.8 Å². The van der Waals surface area contributed by atoms with Crippen molar-refractivity contribution < 1.29 is 14.3 Å². The standard InChI is InChI=1S/C22H16BrNO3/c1-27-17-12-8-14(9-13-17)20-21(25)18-4-2-3-5-19(18)24(20)22(26)15-6-10-16(23)11-7-15/h2-13,20H,1H3/t20-/m0/s1. The summed E-state index contributed by atoms with van der Waals surface area (Å²) >= 11 is 3.38. The third-order valence-electron chi connectivity index (χ3n) is 4.68. The number of carbonyl (C=O) groups is 2. The quantitative estimate of drug-likeness (QED) is 0.594. The van der Waals surface area contributed by atoms with Gasteiger partial charge in [0.15, 0.2) is 5.78 Å². The van der Waals surface area contributed by atoms with Gasteiger partial charge in [-0.25, -0.2) is 0 Å². The van der Waals surface area contributed by atoms with Gasteiger partial charge in [0, 0.05) is 15.6 Å². The highest BCUT2D eigenvalue weighted by atomic mass is 79.9. The molecule has 0 radical (unpaired) electrons. The number of ether oxygens (including phenoxy) is 1. The highest BCUT2D eigenvalue weighted by Crippen LogP contribution is 2.41. The average molecular weight is 422 g/mol. The van der Waals surface area contributed by atoms with E-state index in [1.807, 2.05) is 42.5 Å². The highest BCUT2D eigenvalue weighted by Gasteiger charge is 2.41. The van der Waals surface area contributed by atoms with Crippen LogP contribution in [-0.2, 0) is 0 Å². The van der Waals surface area contributed by atoms with E-state index in [-0.39, 0.29) is 11.7 Å². The van der Waals surface area contributed by atoms with Crippen molar-refractivity contribution in [1.82, 2.24) is 0 Å². The van der Waals surface area contributed by atoms with Crippen LogP contribution in [0, 0.1) is 0 Å². The van der Waals surface area contributed by atoms with Crippen molar-refractivity contribution >= 4 is 33.3 Å². The van der Waals surface area contributed by atoms with Crippen molar-refractivity contribution in [3.63, 3.8) is 0 Å². The van der Waals surface area contributed by atoms with Gasteiger partial charge in [-0.3, -0.25) is 14.5 Å². The number of para-hydroxylation sites is 1. The molecule has 4 nitrogen and oxygen atoms in total. The normalized spacial score (nSPS) is 15.6. The van der Waals surface area contributed by atoms with E-state index in [0.717, 1.165) is 10.0 Å². The van der Waals surface area contributed by atoms with Crippen molar-refractivity contribution in [2.24, 2.45) is 0 Å². The summed E-state index contributed by atoms with van der Waals surface area (Å²) in [7, 11) is 1.59. The largest absolute Gasteiger partial charge is 0.497 e. The van der Waals surface area contributed by atoms with Crippen LogP contribution in [0.4, 0.5) is 5.69 Å². The second-order valence-corrected chi connectivity index (χ2v) is 7.15. The molecule has 0 saturated carbocycles. The van der Waals surface area contributed by atoms with Gasteiger partial charge in [-0.05, 0) is 54.1 Å². The van der Waals surface area contributed by atoms with Crippen LogP contribution >= 0.6 is 15.9 Å². The Morgan fingerprint density at radius 2 is 1.63 bits per heavy atom. The molecule has 0 fully saturated rings. The first-order chi connectivity index (χ1) is 13.1. The number of methoxy groups -OCH3 is 1. The Morgan fingerprint density at radius 1 is 0.963 bits per heavy atom. The number of amides is 1. The van der Waals surface area contributed by atoms with Gasteiger partial charge in [-0.1, -0.05) is 40.2 Å². The maximum Gasteiger partial charge on any atom is 0.259 e. The molecule has 4 rings (SSSR count). The predicted octanol–water partition coefficient (Wildman–Crippen LogP) is 5.04. The van der Waals surface area contributed by atoms with E-state index in [9.17, 15) is 9.59 Å². The summed E-state index contributed by atoms with van der Waals surface area (Å²) in [5.74, 6) is 0.412. The third kappa shape index (κ3) is 3.04. The smallest absolute Gasteiger partial charge is 0.259 e. The summed E-state index contributed by atoms with van der Waals surface area (Å²) in [6.45, 7) is 0. The van der Waals surface area contributed by atoms with Gasteiger partial charge in [0.2, 0.25) is 0 Å². The summed E-state index contributed by atoms with van der Waals surface area (Å²) in [5, 5.41) is 0. The first kappa shape index (κ1) is 17.5. The number of hydrogen-bond acceptors (Lipinski definition) is 3. The van der Waals surface area contributed by atoms with Crippen LogP contribution in [0.25, 0.3) is 0 Å². The minimum Gasteiger partial charge on any atom is -0.497 e. The lowest BCUT2D eigenvalue weighted by atomic mass is 10.0. The maximum absolute atomic E-state index is 13.3. The number of fused-ring (bicyclic) bond motifs is 1. The summed E-state index contributed by atoms with van der Waals surface area (Å²) in [6.07, 6.45) is 0. The molecular weight excluding hydrogens is 406 g/mol. The van der Waals surface area contributed by atoms with E-state index in [0.29, 0.717) is 22.6 Å².